The molecule has 1 heterocycles. The summed E-state index contributed by atoms with van der Waals surface area (Å²) in [7, 11) is 0. The molecule has 1 unspecified atom stereocenters. The van der Waals surface area contributed by atoms with Crippen molar-refractivity contribution in [3.8, 4) is 11.8 Å². The number of primary amides is 1. The van der Waals surface area contributed by atoms with Crippen molar-refractivity contribution in [2.24, 2.45) is 5.73 Å². The zero-order valence-electron chi connectivity index (χ0n) is 15.3. The molecule has 0 aliphatic carbocycles. The lowest BCUT2D eigenvalue weighted by Gasteiger charge is -2.43. The van der Waals surface area contributed by atoms with Gasteiger partial charge in [-0.1, -0.05) is 30.3 Å². The highest BCUT2D eigenvalue weighted by Crippen LogP contribution is 2.40. The first-order chi connectivity index (χ1) is 12.8. The number of rotatable bonds is 5. The Morgan fingerprint density at radius 3 is 2.67 bits per heavy atom. The molecule has 0 bridgehead atoms. The summed E-state index contributed by atoms with van der Waals surface area (Å²) in [5, 5.41) is 23.3. The fraction of sp³-hybridized carbons (Fsp3) is 0.333. The van der Waals surface area contributed by atoms with E-state index in [9.17, 15) is 15.2 Å². The van der Waals surface area contributed by atoms with Crippen molar-refractivity contribution in [2.45, 2.75) is 44.1 Å². The van der Waals surface area contributed by atoms with Gasteiger partial charge in [0.1, 0.15) is 17.5 Å². The van der Waals surface area contributed by atoms with E-state index in [1.165, 1.54) is 0 Å². The van der Waals surface area contributed by atoms with Gasteiger partial charge in [-0.15, -0.1) is 0 Å². The van der Waals surface area contributed by atoms with Crippen molar-refractivity contribution < 1.29 is 14.6 Å². The summed E-state index contributed by atoms with van der Waals surface area (Å²) in [5.41, 5.74) is 6.81. The second kappa shape index (κ2) is 7.39. The van der Waals surface area contributed by atoms with Crippen molar-refractivity contribution >= 4 is 5.91 Å². The SMILES string of the molecule is CC1(C)Oc2ccc(C#N)cc2[C@H](NC(Cc2ccccc2)C(N)=O)[C@H]1O. The molecule has 6 nitrogen and oxygen atoms in total. The van der Waals surface area contributed by atoms with Crippen LogP contribution in [0, 0.1) is 11.3 Å². The lowest BCUT2D eigenvalue weighted by molar-refractivity contribution is -0.121. The molecule has 0 radical (unpaired) electrons. The van der Waals surface area contributed by atoms with Crippen LogP contribution < -0.4 is 15.8 Å². The zero-order chi connectivity index (χ0) is 19.6. The highest BCUT2D eigenvalue weighted by Gasteiger charge is 2.44. The standard InChI is InChI=1S/C21H23N3O3/c1-21(2)19(25)18(15-10-14(12-22)8-9-17(15)27-21)24-16(20(23)26)11-13-6-4-3-5-7-13/h3-10,16,18-19,24-25H,11H2,1-2H3,(H2,23,26)/t16?,18-,19+/m0/s1. The van der Waals surface area contributed by atoms with E-state index in [1.807, 2.05) is 30.3 Å². The molecule has 1 aliphatic rings. The number of carbonyl (C=O) groups is 1. The second-order valence-corrected chi connectivity index (χ2v) is 7.30. The molecular formula is C21H23N3O3. The zero-order valence-corrected chi connectivity index (χ0v) is 15.3. The molecule has 6 heteroatoms. The highest BCUT2D eigenvalue weighted by molar-refractivity contribution is 5.80. The number of hydrogen-bond donors (Lipinski definition) is 3. The van der Waals surface area contributed by atoms with Gasteiger partial charge in [-0.25, -0.2) is 0 Å². The first-order valence-electron chi connectivity index (χ1n) is 8.82. The Morgan fingerprint density at radius 2 is 2.04 bits per heavy atom. The number of fused-ring (bicyclic) bond motifs is 1. The van der Waals surface area contributed by atoms with Crippen LogP contribution in [0.25, 0.3) is 0 Å². The van der Waals surface area contributed by atoms with Crippen molar-refractivity contribution in [1.29, 1.82) is 5.26 Å². The number of nitrogens with two attached hydrogens (primary N) is 1. The fourth-order valence-corrected chi connectivity index (χ4v) is 3.36. The summed E-state index contributed by atoms with van der Waals surface area (Å²) in [4.78, 5) is 12.1. The largest absolute Gasteiger partial charge is 0.485 e. The topological polar surface area (TPSA) is 108 Å². The molecule has 0 fully saturated rings. The summed E-state index contributed by atoms with van der Waals surface area (Å²) < 4.78 is 5.91. The van der Waals surface area contributed by atoms with Gasteiger partial charge in [-0.2, -0.15) is 5.26 Å². The smallest absolute Gasteiger partial charge is 0.234 e. The Kier molecular flexibility index (Phi) is 5.17. The Morgan fingerprint density at radius 1 is 1.33 bits per heavy atom. The van der Waals surface area contributed by atoms with Gasteiger partial charge < -0.3 is 15.6 Å². The number of hydrogen-bond acceptors (Lipinski definition) is 5. The van der Waals surface area contributed by atoms with E-state index in [0.717, 1.165) is 5.56 Å². The van der Waals surface area contributed by atoms with Crippen molar-refractivity contribution in [1.82, 2.24) is 5.32 Å². The van der Waals surface area contributed by atoms with Crippen molar-refractivity contribution in [3.05, 3.63) is 65.2 Å². The maximum Gasteiger partial charge on any atom is 0.234 e. The number of carbonyl (C=O) groups excluding carboxylic acids is 1. The summed E-state index contributed by atoms with van der Waals surface area (Å²) in [6.45, 7) is 3.56. The van der Waals surface area contributed by atoms with Crippen LogP contribution in [0.5, 0.6) is 5.75 Å². The predicted octanol–water partition coefficient (Wildman–Crippen LogP) is 1.82. The van der Waals surface area contributed by atoms with Gasteiger partial charge in [0.05, 0.1) is 23.7 Å². The van der Waals surface area contributed by atoms with Crippen LogP contribution in [0.1, 0.15) is 36.6 Å². The number of nitrogens with one attached hydrogen (secondary N) is 1. The molecule has 2 aromatic rings. The van der Waals surface area contributed by atoms with Crippen LogP contribution in [0.4, 0.5) is 0 Å². The third-order valence-electron chi connectivity index (χ3n) is 4.88. The number of aliphatic hydroxyl groups is 1. The maximum absolute atomic E-state index is 12.1. The number of aliphatic hydroxyl groups excluding tert-OH is 1. The Labute approximate surface area is 158 Å². The lowest BCUT2D eigenvalue weighted by Crippen LogP contribution is -2.56. The maximum atomic E-state index is 12.1. The molecule has 0 spiro atoms. The molecule has 140 valence electrons. The number of benzene rings is 2. The third kappa shape index (κ3) is 3.95. The van der Waals surface area contributed by atoms with E-state index < -0.39 is 29.7 Å². The van der Waals surface area contributed by atoms with Crippen LogP contribution in [-0.2, 0) is 11.2 Å². The number of ether oxygens (including phenoxy) is 1. The van der Waals surface area contributed by atoms with Crippen molar-refractivity contribution in [3.63, 3.8) is 0 Å². The average Bonchev–Trinajstić information content (AvgIpc) is 2.64. The number of amides is 1. The fourth-order valence-electron chi connectivity index (χ4n) is 3.36. The average molecular weight is 365 g/mol. The lowest BCUT2D eigenvalue weighted by atomic mass is 9.85. The quantitative estimate of drug-likeness (QED) is 0.749. The van der Waals surface area contributed by atoms with Gasteiger partial charge >= 0.3 is 0 Å². The second-order valence-electron chi connectivity index (χ2n) is 7.30. The Bertz CT molecular complexity index is 874. The minimum absolute atomic E-state index is 0.397. The molecule has 0 saturated heterocycles. The van der Waals surface area contributed by atoms with Crippen LogP contribution in [-0.4, -0.2) is 28.8 Å². The van der Waals surface area contributed by atoms with Gasteiger partial charge in [0.15, 0.2) is 0 Å². The van der Waals surface area contributed by atoms with Crippen molar-refractivity contribution in [2.75, 3.05) is 0 Å². The van der Waals surface area contributed by atoms with Gasteiger partial charge in [0.25, 0.3) is 0 Å². The molecule has 0 aromatic heterocycles. The molecule has 3 rings (SSSR count). The third-order valence-corrected chi connectivity index (χ3v) is 4.88. The Hall–Kier alpha value is -2.88. The monoisotopic (exact) mass is 365 g/mol. The number of nitriles is 1. The first kappa shape index (κ1) is 18.9. The first-order valence-corrected chi connectivity index (χ1v) is 8.82. The molecule has 1 aliphatic heterocycles. The van der Waals surface area contributed by atoms with E-state index in [0.29, 0.717) is 23.3 Å². The van der Waals surface area contributed by atoms with E-state index >= 15 is 0 Å². The molecule has 27 heavy (non-hydrogen) atoms. The van der Waals surface area contributed by atoms with Gasteiger partial charge in [0, 0.05) is 5.56 Å². The minimum atomic E-state index is -0.934. The molecule has 3 atom stereocenters. The van der Waals surface area contributed by atoms with Crippen LogP contribution in [0.2, 0.25) is 0 Å². The van der Waals surface area contributed by atoms with Crippen LogP contribution in [0.3, 0.4) is 0 Å². The Balaban J connectivity index is 1.95. The van der Waals surface area contributed by atoms with Gasteiger partial charge in [-0.05, 0) is 44.0 Å². The molecule has 2 aromatic carbocycles. The summed E-state index contributed by atoms with van der Waals surface area (Å²) in [6, 6.07) is 15.4. The van der Waals surface area contributed by atoms with Gasteiger partial charge in [-0.3, -0.25) is 10.1 Å². The van der Waals surface area contributed by atoms with Gasteiger partial charge in [0.2, 0.25) is 5.91 Å². The van der Waals surface area contributed by atoms with Crippen LogP contribution in [0.15, 0.2) is 48.5 Å². The van der Waals surface area contributed by atoms with E-state index in [4.69, 9.17) is 10.5 Å². The molecular weight excluding hydrogens is 342 g/mol. The van der Waals surface area contributed by atoms with Crippen LogP contribution >= 0.6 is 0 Å². The summed E-state index contributed by atoms with van der Waals surface area (Å²) in [5.74, 6) is 0.0677. The van der Waals surface area contributed by atoms with E-state index in [1.54, 1.807) is 32.0 Å². The van der Waals surface area contributed by atoms with E-state index in [2.05, 4.69) is 11.4 Å². The molecule has 0 saturated carbocycles. The highest BCUT2D eigenvalue weighted by atomic mass is 16.5. The molecule has 1 amide bonds. The summed E-state index contributed by atoms with van der Waals surface area (Å²) >= 11 is 0. The normalized spacial score (nSPS) is 21.4. The van der Waals surface area contributed by atoms with E-state index in [-0.39, 0.29) is 0 Å². The molecule has 4 N–H and O–H groups in total. The predicted molar refractivity (Wildman–Crippen MR) is 101 cm³/mol. The number of nitrogens with zero attached hydrogens (tertiary/aromatic N) is 1. The summed E-state index contributed by atoms with van der Waals surface area (Å²) in [6.07, 6.45) is -0.537. The minimum Gasteiger partial charge on any atom is -0.485 e.